The van der Waals surface area contributed by atoms with E-state index in [-0.39, 0.29) is 0 Å². The van der Waals surface area contributed by atoms with Crippen LogP contribution in [0.4, 0.5) is 5.82 Å². The van der Waals surface area contributed by atoms with Gasteiger partial charge in [0.25, 0.3) is 0 Å². The van der Waals surface area contributed by atoms with Crippen molar-refractivity contribution in [1.29, 1.82) is 0 Å². The number of hydrogen-bond acceptors (Lipinski definition) is 5. The molecule has 1 N–H and O–H groups in total. The molecule has 2 aromatic rings. The first-order valence-electron chi connectivity index (χ1n) is 9.26. The highest BCUT2D eigenvalue weighted by molar-refractivity contribution is 5.48. The van der Waals surface area contributed by atoms with Gasteiger partial charge in [0, 0.05) is 39.8 Å². The van der Waals surface area contributed by atoms with E-state index in [2.05, 4.69) is 47.3 Å². The van der Waals surface area contributed by atoms with Crippen molar-refractivity contribution in [3.63, 3.8) is 0 Å². The highest BCUT2D eigenvalue weighted by Gasteiger charge is 2.24. The molecular weight excluding hydrogens is 314 g/mol. The van der Waals surface area contributed by atoms with Crippen molar-refractivity contribution in [3.8, 4) is 0 Å². The van der Waals surface area contributed by atoms with Gasteiger partial charge in [-0.25, -0.2) is 0 Å². The van der Waals surface area contributed by atoms with Gasteiger partial charge >= 0.3 is 0 Å². The lowest BCUT2D eigenvalue weighted by molar-refractivity contribution is 0.142. The van der Waals surface area contributed by atoms with Crippen LogP contribution in [0, 0.1) is 6.92 Å². The molecule has 1 aliphatic heterocycles. The van der Waals surface area contributed by atoms with E-state index >= 15 is 0 Å². The lowest BCUT2D eigenvalue weighted by Crippen LogP contribution is -2.39. The zero-order chi connectivity index (χ0) is 17.8. The molecule has 2 aromatic heterocycles. The molecule has 1 atom stereocenters. The maximum absolute atomic E-state index is 5.74. The number of nitrogens with one attached hydrogen (secondary N) is 1. The number of nitrogens with zero attached hydrogens (tertiary/aromatic N) is 4. The predicted molar refractivity (Wildman–Crippen MR) is 101 cm³/mol. The molecule has 138 valence electrons. The Hall–Kier alpha value is -1.79. The van der Waals surface area contributed by atoms with Gasteiger partial charge in [0.2, 0.25) is 0 Å². The SMILES string of the molecule is Cc1nn(C)c(N(C)C)c1CNCC(c1ccco1)N1CCCCC1. The Bertz CT molecular complexity index is 656. The topological polar surface area (TPSA) is 49.5 Å². The lowest BCUT2D eigenvalue weighted by Gasteiger charge is -2.33. The van der Waals surface area contributed by atoms with Crippen LogP contribution in [0.1, 0.15) is 42.3 Å². The lowest BCUT2D eigenvalue weighted by atomic mass is 10.1. The second-order valence-corrected chi connectivity index (χ2v) is 7.16. The van der Waals surface area contributed by atoms with Crippen molar-refractivity contribution >= 4 is 5.82 Å². The van der Waals surface area contributed by atoms with E-state index < -0.39 is 0 Å². The van der Waals surface area contributed by atoms with Crippen molar-refractivity contribution in [1.82, 2.24) is 20.0 Å². The largest absolute Gasteiger partial charge is 0.468 e. The summed E-state index contributed by atoms with van der Waals surface area (Å²) in [5.41, 5.74) is 2.36. The van der Waals surface area contributed by atoms with Crippen LogP contribution in [0.2, 0.25) is 0 Å². The van der Waals surface area contributed by atoms with Crippen molar-refractivity contribution in [2.45, 2.75) is 38.8 Å². The Morgan fingerprint density at radius 3 is 2.68 bits per heavy atom. The minimum atomic E-state index is 0.301. The number of likely N-dealkylation sites (tertiary alicyclic amines) is 1. The Morgan fingerprint density at radius 1 is 1.28 bits per heavy atom. The van der Waals surface area contributed by atoms with Gasteiger partial charge in [-0.2, -0.15) is 5.10 Å². The monoisotopic (exact) mass is 345 g/mol. The van der Waals surface area contributed by atoms with Crippen LogP contribution in [-0.2, 0) is 13.6 Å². The molecule has 0 radical (unpaired) electrons. The molecule has 1 fully saturated rings. The molecule has 3 heterocycles. The Morgan fingerprint density at radius 2 is 2.04 bits per heavy atom. The van der Waals surface area contributed by atoms with E-state index in [1.807, 2.05) is 17.8 Å². The molecule has 1 saturated heterocycles. The third-order valence-electron chi connectivity index (χ3n) is 5.08. The molecular formula is C19H31N5O. The molecule has 25 heavy (non-hydrogen) atoms. The first-order chi connectivity index (χ1) is 12.1. The Balaban J connectivity index is 1.68. The van der Waals surface area contributed by atoms with Gasteiger partial charge in [0.05, 0.1) is 18.0 Å². The van der Waals surface area contributed by atoms with Gasteiger partial charge in [-0.15, -0.1) is 0 Å². The quantitative estimate of drug-likeness (QED) is 0.836. The smallest absolute Gasteiger partial charge is 0.130 e. The first kappa shape index (κ1) is 18.0. The van der Waals surface area contributed by atoms with Gasteiger partial charge in [0.1, 0.15) is 11.6 Å². The van der Waals surface area contributed by atoms with Crippen molar-refractivity contribution in [2.24, 2.45) is 7.05 Å². The normalized spacial score (nSPS) is 17.0. The van der Waals surface area contributed by atoms with E-state index in [9.17, 15) is 0 Å². The van der Waals surface area contributed by atoms with Crippen LogP contribution in [-0.4, -0.2) is 48.4 Å². The van der Waals surface area contributed by atoms with Gasteiger partial charge in [-0.1, -0.05) is 6.42 Å². The summed E-state index contributed by atoms with van der Waals surface area (Å²) in [4.78, 5) is 4.68. The maximum Gasteiger partial charge on any atom is 0.130 e. The second-order valence-electron chi connectivity index (χ2n) is 7.16. The molecule has 0 bridgehead atoms. The van der Waals surface area contributed by atoms with E-state index in [1.54, 1.807) is 6.26 Å². The minimum absolute atomic E-state index is 0.301. The Kier molecular flexibility index (Phi) is 5.81. The molecule has 3 rings (SSSR count). The number of furan rings is 1. The van der Waals surface area contributed by atoms with Gasteiger partial charge < -0.3 is 14.6 Å². The summed E-state index contributed by atoms with van der Waals surface area (Å²) in [6.45, 7) is 6.09. The fraction of sp³-hybridized carbons (Fsp3) is 0.632. The number of aryl methyl sites for hydroxylation is 2. The van der Waals surface area contributed by atoms with E-state index in [0.717, 1.165) is 43.5 Å². The fourth-order valence-electron chi connectivity index (χ4n) is 3.91. The standard InChI is InChI=1S/C19H31N5O/c1-15-16(19(22(2)3)23(4)21-15)13-20-14-17(18-9-8-12-25-18)24-10-6-5-7-11-24/h8-9,12,17,20H,5-7,10-11,13-14H2,1-4H3. The molecule has 0 aliphatic carbocycles. The molecule has 0 saturated carbocycles. The molecule has 6 nitrogen and oxygen atoms in total. The van der Waals surface area contributed by atoms with Gasteiger partial charge in [-0.3, -0.25) is 9.58 Å². The summed E-state index contributed by atoms with van der Waals surface area (Å²) in [7, 11) is 6.14. The van der Waals surface area contributed by atoms with Crippen LogP contribution >= 0.6 is 0 Å². The molecule has 0 spiro atoms. The van der Waals surface area contributed by atoms with Crippen molar-refractivity contribution in [2.75, 3.05) is 38.6 Å². The van der Waals surface area contributed by atoms with Crippen LogP contribution in [0.25, 0.3) is 0 Å². The molecule has 6 heteroatoms. The van der Waals surface area contributed by atoms with Crippen molar-refractivity contribution in [3.05, 3.63) is 35.4 Å². The Labute approximate surface area is 150 Å². The average Bonchev–Trinajstić information content (AvgIpc) is 3.20. The van der Waals surface area contributed by atoms with Crippen molar-refractivity contribution < 1.29 is 4.42 Å². The third-order valence-corrected chi connectivity index (χ3v) is 5.08. The summed E-state index contributed by atoms with van der Waals surface area (Å²) in [6.07, 6.45) is 5.69. The molecule has 1 unspecified atom stereocenters. The summed E-state index contributed by atoms with van der Waals surface area (Å²) in [5, 5.41) is 8.23. The summed E-state index contributed by atoms with van der Waals surface area (Å²) >= 11 is 0. The number of rotatable bonds is 7. The summed E-state index contributed by atoms with van der Waals surface area (Å²) in [6, 6.07) is 4.39. The fourth-order valence-corrected chi connectivity index (χ4v) is 3.91. The maximum atomic E-state index is 5.74. The zero-order valence-electron chi connectivity index (χ0n) is 16.0. The highest BCUT2D eigenvalue weighted by atomic mass is 16.3. The van der Waals surface area contributed by atoms with Crippen LogP contribution in [0.3, 0.4) is 0 Å². The second kappa shape index (κ2) is 8.06. The predicted octanol–water partition coefficient (Wildman–Crippen LogP) is 2.70. The van der Waals surface area contributed by atoms with E-state index in [1.165, 1.54) is 24.8 Å². The van der Waals surface area contributed by atoms with Crippen LogP contribution < -0.4 is 10.2 Å². The summed E-state index contributed by atoms with van der Waals surface area (Å²) in [5.74, 6) is 2.22. The number of hydrogen-bond donors (Lipinski definition) is 1. The third kappa shape index (κ3) is 4.07. The van der Waals surface area contributed by atoms with E-state index in [4.69, 9.17) is 4.42 Å². The average molecular weight is 345 g/mol. The van der Waals surface area contributed by atoms with Gasteiger partial charge in [0.15, 0.2) is 0 Å². The minimum Gasteiger partial charge on any atom is -0.468 e. The number of aromatic nitrogens is 2. The molecule has 0 amide bonds. The number of anilines is 1. The summed E-state index contributed by atoms with van der Waals surface area (Å²) < 4.78 is 7.69. The zero-order valence-corrected chi connectivity index (χ0v) is 16.0. The number of piperidine rings is 1. The van der Waals surface area contributed by atoms with Crippen LogP contribution in [0.15, 0.2) is 22.8 Å². The molecule has 1 aliphatic rings. The van der Waals surface area contributed by atoms with Gasteiger partial charge in [-0.05, 0) is 45.0 Å². The first-order valence-corrected chi connectivity index (χ1v) is 9.26. The molecule has 0 aromatic carbocycles. The van der Waals surface area contributed by atoms with E-state index in [0.29, 0.717) is 6.04 Å². The van der Waals surface area contributed by atoms with Crippen LogP contribution in [0.5, 0.6) is 0 Å². The highest BCUT2D eigenvalue weighted by Crippen LogP contribution is 2.25.